The first kappa shape index (κ1) is 15.3. The van der Waals surface area contributed by atoms with E-state index >= 15 is 0 Å². The molecule has 2 atom stereocenters. The Balaban J connectivity index is 2.24. The summed E-state index contributed by atoms with van der Waals surface area (Å²) in [7, 11) is -3.68. The van der Waals surface area contributed by atoms with Gasteiger partial charge in [0, 0.05) is 12.6 Å². The molecule has 1 saturated heterocycles. The molecule has 2 N–H and O–H groups in total. The van der Waals surface area contributed by atoms with Crippen LogP contribution in [0.1, 0.15) is 18.9 Å². The zero-order chi connectivity index (χ0) is 14.8. The minimum atomic E-state index is -3.68. The molecule has 1 heterocycles. The first-order valence-corrected chi connectivity index (χ1v) is 8.23. The van der Waals surface area contributed by atoms with E-state index in [2.05, 4.69) is 10.0 Å². The van der Waals surface area contributed by atoms with Crippen molar-refractivity contribution in [2.24, 2.45) is 5.92 Å². The van der Waals surface area contributed by atoms with E-state index in [-0.39, 0.29) is 21.9 Å². The highest BCUT2D eigenvalue weighted by molar-refractivity contribution is 7.89. The lowest BCUT2D eigenvalue weighted by Gasteiger charge is -2.30. The summed E-state index contributed by atoms with van der Waals surface area (Å²) in [5.41, 5.74) is 0.335. The molecule has 2 unspecified atom stereocenters. The van der Waals surface area contributed by atoms with E-state index in [0.29, 0.717) is 12.1 Å². The molecule has 108 valence electrons. The molecule has 1 aliphatic heterocycles. The highest BCUT2D eigenvalue weighted by Gasteiger charge is 2.27. The molecular weight excluding hydrogens is 298 g/mol. The van der Waals surface area contributed by atoms with Gasteiger partial charge in [-0.3, -0.25) is 0 Å². The van der Waals surface area contributed by atoms with Gasteiger partial charge >= 0.3 is 0 Å². The fourth-order valence-electron chi connectivity index (χ4n) is 2.20. The third kappa shape index (κ3) is 3.30. The summed E-state index contributed by atoms with van der Waals surface area (Å²) < 4.78 is 27.4. The average Bonchev–Trinajstić information content (AvgIpc) is 2.40. The van der Waals surface area contributed by atoms with Gasteiger partial charge in [0.05, 0.1) is 16.7 Å². The fourth-order valence-corrected chi connectivity index (χ4v) is 4.09. The van der Waals surface area contributed by atoms with Gasteiger partial charge < -0.3 is 5.32 Å². The number of sulfonamides is 1. The number of nitriles is 1. The largest absolute Gasteiger partial charge is 0.315 e. The Morgan fingerprint density at radius 1 is 1.50 bits per heavy atom. The van der Waals surface area contributed by atoms with Gasteiger partial charge in [-0.25, -0.2) is 13.1 Å². The van der Waals surface area contributed by atoms with Crippen LogP contribution in [0.15, 0.2) is 23.1 Å². The summed E-state index contributed by atoms with van der Waals surface area (Å²) in [6, 6.07) is 5.95. The van der Waals surface area contributed by atoms with E-state index < -0.39 is 10.0 Å². The smallest absolute Gasteiger partial charge is 0.242 e. The van der Waals surface area contributed by atoms with Crippen LogP contribution in [0, 0.1) is 17.2 Å². The number of hydrogen-bond donors (Lipinski definition) is 2. The predicted octanol–water partition coefficient (Wildman–Crippen LogP) is 1.49. The molecule has 20 heavy (non-hydrogen) atoms. The first-order chi connectivity index (χ1) is 9.44. The van der Waals surface area contributed by atoms with Crippen molar-refractivity contribution in [3.63, 3.8) is 0 Å². The fraction of sp³-hybridized carbons (Fsp3) is 0.462. The summed E-state index contributed by atoms with van der Waals surface area (Å²) in [6.45, 7) is 3.53. The number of rotatable bonds is 3. The summed E-state index contributed by atoms with van der Waals surface area (Å²) in [5, 5.41) is 12.0. The SMILES string of the molecule is CC1CCNCC1NS(=O)(=O)c1ccc(C#N)cc1Cl. The Kier molecular flexibility index (Phi) is 4.66. The van der Waals surface area contributed by atoms with Crippen LogP contribution < -0.4 is 10.0 Å². The number of halogens is 1. The second kappa shape index (κ2) is 6.10. The molecular formula is C13H16ClN3O2S. The topological polar surface area (TPSA) is 82.0 Å². The van der Waals surface area contributed by atoms with Crippen LogP contribution in [0.5, 0.6) is 0 Å². The Morgan fingerprint density at radius 2 is 2.25 bits per heavy atom. The van der Waals surface area contributed by atoms with Crippen molar-refractivity contribution in [2.45, 2.75) is 24.3 Å². The average molecular weight is 314 g/mol. The molecule has 1 fully saturated rings. The third-order valence-corrected chi connectivity index (χ3v) is 5.46. The maximum Gasteiger partial charge on any atom is 0.242 e. The molecule has 5 nitrogen and oxygen atoms in total. The van der Waals surface area contributed by atoms with Crippen LogP contribution in [-0.2, 0) is 10.0 Å². The van der Waals surface area contributed by atoms with Crippen LogP contribution >= 0.6 is 11.6 Å². The van der Waals surface area contributed by atoms with Gasteiger partial charge in [0.15, 0.2) is 0 Å². The van der Waals surface area contributed by atoms with Gasteiger partial charge in [0.25, 0.3) is 0 Å². The first-order valence-electron chi connectivity index (χ1n) is 6.37. The van der Waals surface area contributed by atoms with Crippen molar-refractivity contribution in [1.82, 2.24) is 10.0 Å². The van der Waals surface area contributed by atoms with Crippen LogP contribution in [0.25, 0.3) is 0 Å². The van der Waals surface area contributed by atoms with Crippen molar-refractivity contribution in [1.29, 1.82) is 5.26 Å². The maximum atomic E-state index is 12.4. The van der Waals surface area contributed by atoms with Gasteiger partial charge in [-0.05, 0) is 37.1 Å². The Hall–Kier alpha value is -1.13. The molecule has 0 bridgehead atoms. The summed E-state index contributed by atoms with van der Waals surface area (Å²) in [5.74, 6) is 0.267. The normalized spacial score (nSPS) is 23.2. The van der Waals surface area contributed by atoms with Crippen LogP contribution in [0.4, 0.5) is 0 Å². The number of nitrogens with one attached hydrogen (secondary N) is 2. The maximum absolute atomic E-state index is 12.4. The van der Waals surface area contributed by atoms with E-state index in [9.17, 15) is 8.42 Å². The van der Waals surface area contributed by atoms with E-state index in [1.54, 1.807) is 0 Å². The second-order valence-corrected chi connectivity index (χ2v) is 7.04. The van der Waals surface area contributed by atoms with Crippen molar-refractivity contribution < 1.29 is 8.42 Å². The van der Waals surface area contributed by atoms with Crippen molar-refractivity contribution >= 4 is 21.6 Å². The van der Waals surface area contributed by atoms with Crippen LogP contribution in [0.2, 0.25) is 5.02 Å². The Bertz CT molecular complexity index is 640. The number of piperidine rings is 1. The van der Waals surface area contributed by atoms with Crippen LogP contribution in [-0.4, -0.2) is 27.5 Å². The van der Waals surface area contributed by atoms with Crippen LogP contribution in [0.3, 0.4) is 0 Å². The molecule has 1 aromatic carbocycles. The molecule has 0 radical (unpaired) electrons. The quantitative estimate of drug-likeness (QED) is 0.885. The van der Waals surface area contributed by atoms with Gasteiger partial charge in [-0.2, -0.15) is 5.26 Å². The number of hydrogen-bond acceptors (Lipinski definition) is 4. The van der Waals surface area contributed by atoms with Gasteiger partial charge in [0.1, 0.15) is 4.90 Å². The molecule has 7 heteroatoms. The van der Waals surface area contributed by atoms with E-state index in [1.165, 1.54) is 18.2 Å². The van der Waals surface area contributed by atoms with Crippen molar-refractivity contribution in [2.75, 3.05) is 13.1 Å². The van der Waals surface area contributed by atoms with Crippen molar-refractivity contribution in [3.05, 3.63) is 28.8 Å². The van der Waals surface area contributed by atoms with Gasteiger partial charge in [0.2, 0.25) is 10.0 Å². The minimum absolute atomic E-state index is 0.0101. The Labute approximate surface area is 124 Å². The molecule has 0 saturated carbocycles. The molecule has 1 aliphatic rings. The highest BCUT2D eigenvalue weighted by Crippen LogP contribution is 2.23. The second-order valence-electron chi connectivity index (χ2n) is 4.95. The summed E-state index contributed by atoms with van der Waals surface area (Å²) in [4.78, 5) is 0.0101. The van der Waals surface area contributed by atoms with E-state index in [1.807, 2.05) is 13.0 Å². The minimum Gasteiger partial charge on any atom is -0.315 e. The standard InChI is InChI=1S/C13H16ClN3O2S/c1-9-4-5-16-8-12(9)17-20(18,19)13-3-2-10(7-15)6-11(13)14/h2-3,6,9,12,16-17H,4-5,8H2,1H3. The molecule has 0 amide bonds. The zero-order valence-electron chi connectivity index (χ0n) is 11.1. The van der Waals surface area contributed by atoms with Crippen molar-refractivity contribution in [3.8, 4) is 6.07 Å². The summed E-state index contributed by atoms with van der Waals surface area (Å²) >= 11 is 5.96. The zero-order valence-corrected chi connectivity index (χ0v) is 12.6. The lowest BCUT2D eigenvalue weighted by molar-refractivity contribution is 0.327. The monoisotopic (exact) mass is 313 g/mol. The Morgan fingerprint density at radius 3 is 2.85 bits per heavy atom. The van der Waals surface area contributed by atoms with E-state index in [4.69, 9.17) is 16.9 Å². The number of benzene rings is 1. The highest BCUT2D eigenvalue weighted by atomic mass is 35.5. The van der Waals surface area contributed by atoms with E-state index in [0.717, 1.165) is 13.0 Å². The van der Waals surface area contributed by atoms with Gasteiger partial charge in [-0.1, -0.05) is 18.5 Å². The molecule has 0 aromatic heterocycles. The van der Waals surface area contributed by atoms with Gasteiger partial charge in [-0.15, -0.1) is 0 Å². The number of nitrogens with zero attached hydrogens (tertiary/aromatic N) is 1. The molecule has 0 spiro atoms. The molecule has 0 aliphatic carbocycles. The molecule has 2 rings (SSSR count). The lowest BCUT2D eigenvalue weighted by Crippen LogP contribution is -2.50. The predicted molar refractivity (Wildman–Crippen MR) is 76.9 cm³/mol. The summed E-state index contributed by atoms with van der Waals surface area (Å²) in [6.07, 6.45) is 0.925. The third-order valence-electron chi connectivity index (χ3n) is 3.48. The molecule has 1 aromatic rings. The lowest BCUT2D eigenvalue weighted by atomic mass is 9.96.